The zero-order chi connectivity index (χ0) is 19.7. The molecule has 1 aliphatic heterocycles. The van der Waals surface area contributed by atoms with Crippen LogP contribution in [0.5, 0.6) is 0 Å². The van der Waals surface area contributed by atoms with Crippen molar-refractivity contribution in [1.29, 1.82) is 0 Å². The van der Waals surface area contributed by atoms with Crippen molar-refractivity contribution < 1.29 is 4.79 Å². The molecule has 3 N–H and O–H groups in total. The Bertz CT molecular complexity index is 999. The summed E-state index contributed by atoms with van der Waals surface area (Å²) in [7, 11) is 0. The Balaban J connectivity index is 1.74. The smallest absolute Gasteiger partial charge is 0.221 e. The molecule has 6 nitrogen and oxygen atoms in total. The van der Waals surface area contributed by atoms with Crippen LogP contribution < -0.4 is 15.5 Å². The third-order valence-electron chi connectivity index (χ3n) is 4.74. The van der Waals surface area contributed by atoms with Crippen molar-refractivity contribution in [3.05, 3.63) is 77.9 Å². The van der Waals surface area contributed by atoms with Gasteiger partial charge in [-0.25, -0.2) is 0 Å². The number of hydrogen-bond donors (Lipinski definition) is 3. The van der Waals surface area contributed by atoms with Gasteiger partial charge in [-0.15, -0.1) is 0 Å². The molecule has 1 fully saturated rings. The van der Waals surface area contributed by atoms with E-state index in [0.717, 1.165) is 28.5 Å². The molecule has 3 heterocycles. The lowest BCUT2D eigenvalue weighted by molar-refractivity contribution is -0.114. The van der Waals surface area contributed by atoms with Crippen molar-refractivity contribution in [2.75, 3.05) is 10.2 Å². The Morgan fingerprint density at radius 2 is 1.93 bits per heavy atom. The molecular formula is C21H21N5OS. The molecule has 0 radical (unpaired) electrons. The minimum Gasteiger partial charge on any atom is -0.361 e. The van der Waals surface area contributed by atoms with Crippen LogP contribution in [-0.2, 0) is 4.79 Å². The average Bonchev–Trinajstić information content (AvgIpc) is 3.26. The Morgan fingerprint density at radius 1 is 1.14 bits per heavy atom. The summed E-state index contributed by atoms with van der Waals surface area (Å²) in [5.74, 6) is -0.0962. The maximum atomic E-state index is 11.3. The molecule has 1 amide bonds. The minimum absolute atomic E-state index is 0.0669. The van der Waals surface area contributed by atoms with Crippen LogP contribution >= 0.6 is 12.2 Å². The molecule has 0 spiro atoms. The molecule has 1 saturated heterocycles. The lowest BCUT2D eigenvalue weighted by Gasteiger charge is -2.27. The molecule has 0 aliphatic carbocycles. The van der Waals surface area contributed by atoms with Crippen LogP contribution in [0, 0.1) is 6.92 Å². The number of hydrogen-bond acceptors (Lipinski definition) is 3. The van der Waals surface area contributed by atoms with E-state index in [4.69, 9.17) is 12.2 Å². The fourth-order valence-corrected chi connectivity index (χ4v) is 3.90. The van der Waals surface area contributed by atoms with Crippen LogP contribution in [0.25, 0.3) is 0 Å². The third kappa shape index (κ3) is 3.48. The molecule has 0 unspecified atom stereocenters. The Morgan fingerprint density at radius 3 is 2.54 bits per heavy atom. The molecule has 1 aliphatic rings. The van der Waals surface area contributed by atoms with Crippen molar-refractivity contribution in [3.63, 3.8) is 0 Å². The van der Waals surface area contributed by atoms with Crippen molar-refractivity contribution in [3.8, 4) is 0 Å². The van der Waals surface area contributed by atoms with Crippen molar-refractivity contribution >= 4 is 34.6 Å². The van der Waals surface area contributed by atoms with Gasteiger partial charge in [0, 0.05) is 35.9 Å². The first-order valence-electron chi connectivity index (χ1n) is 9.07. The second-order valence-corrected chi connectivity index (χ2v) is 7.21. The van der Waals surface area contributed by atoms with Gasteiger partial charge in [0.2, 0.25) is 5.91 Å². The van der Waals surface area contributed by atoms with Crippen molar-refractivity contribution in [2.24, 2.45) is 0 Å². The summed E-state index contributed by atoms with van der Waals surface area (Å²) >= 11 is 5.69. The van der Waals surface area contributed by atoms with E-state index >= 15 is 0 Å². The van der Waals surface area contributed by atoms with E-state index in [2.05, 4.69) is 37.6 Å². The Labute approximate surface area is 169 Å². The molecule has 7 heteroatoms. The van der Waals surface area contributed by atoms with Crippen LogP contribution in [0.3, 0.4) is 0 Å². The standard InChI is InChI=1S/C21H21N5OS/c1-13-6-11-18(23-13)20-19(17-5-3-4-12-22-17)25-21(28)26(20)16-9-7-15(8-10-16)24-14(2)27/h3-12,19-20,23H,1-2H3,(H,24,27)(H,25,28)/t19-,20+/m1/s1. The van der Waals surface area contributed by atoms with Crippen LogP contribution in [0.2, 0.25) is 0 Å². The number of pyridine rings is 1. The summed E-state index contributed by atoms with van der Waals surface area (Å²) in [5, 5.41) is 6.86. The van der Waals surface area contributed by atoms with Crippen LogP contribution in [0.4, 0.5) is 11.4 Å². The van der Waals surface area contributed by atoms with Crippen molar-refractivity contribution in [1.82, 2.24) is 15.3 Å². The zero-order valence-electron chi connectivity index (χ0n) is 15.6. The molecule has 0 saturated carbocycles. The predicted octanol–water partition coefficient (Wildman–Crippen LogP) is 3.85. The maximum Gasteiger partial charge on any atom is 0.221 e. The summed E-state index contributed by atoms with van der Waals surface area (Å²) in [4.78, 5) is 21.4. The molecule has 4 rings (SSSR count). The van der Waals surface area contributed by atoms with E-state index in [0.29, 0.717) is 5.11 Å². The summed E-state index contributed by atoms with van der Waals surface area (Å²) in [6.45, 7) is 3.53. The van der Waals surface area contributed by atoms with Crippen LogP contribution in [-0.4, -0.2) is 21.0 Å². The number of aromatic nitrogens is 2. The predicted molar refractivity (Wildman–Crippen MR) is 114 cm³/mol. The minimum atomic E-state index is -0.0962. The van der Waals surface area contributed by atoms with Gasteiger partial charge in [0.15, 0.2) is 5.11 Å². The summed E-state index contributed by atoms with van der Waals surface area (Å²) in [6.07, 6.45) is 1.79. The number of thiocarbonyl (C=S) groups is 1. The number of carbonyl (C=O) groups excluding carboxylic acids is 1. The second kappa shape index (κ2) is 7.44. The van der Waals surface area contributed by atoms with Gasteiger partial charge in [0.05, 0.1) is 11.7 Å². The lowest BCUT2D eigenvalue weighted by atomic mass is 10.0. The van der Waals surface area contributed by atoms with E-state index in [1.54, 1.807) is 6.20 Å². The number of H-pyrrole nitrogens is 1. The highest BCUT2D eigenvalue weighted by Crippen LogP contribution is 2.41. The highest BCUT2D eigenvalue weighted by atomic mass is 32.1. The lowest BCUT2D eigenvalue weighted by Crippen LogP contribution is -2.29. The number of aromatic amines is 1. The van der Waals surface area contributed by atoms with Gasteiger partial charge >= 0.3 is 0 Å². The number of aryl methyl sites for hydroxylation is 1. The number of carbonyl (C=O) groups is 1. The number of rotatable bonds is 4. The van der Waals surface area contributed by atoms with E-state index in [9.17, 15) is 4.79 Å². The highest BCUT2D eigenvalue weighted by Gasteiger charge is 2.41. The average molecular weight is 392 g/mol. The summed E-state index contributed by atoms with van der Waals surface area (Å²) in [6, 6.07) is 17.6. The van der Waals surface area contributed by atoms with Gasteiger partial charge in [0.1, 0.15) is 6.04 Å². The number of amides is 1. The molecule has 0 bridgehead atoms. The molecule has 2 aromatic heterocycles. The van der Waals surface area contributed by atoms with E-state index < -0.39 is 0 Å². The summed E-state index contributed by atoms with van der Waals surface area (Å²) in [5.41, 5.74) is 4.78. The number of nitrogens with zero attached hydrogens (tertiary/aromatic N) is 2. The monoisotopic (exact) mass is 391 g/mol. The van der Waals surface area contributed by atoms with Gasteiger partial charge in [-0.1, -0.05) is 6.07 Å². The zero-order valence-corrected chi connectivity index (χ0v) is 16.5. The second-order valence-electron chi connectivity index (χ2n) is 6.82. The van der Waals surface area contributed by atoms with Gasteiger partial charge in [-0.05, 0) is 67.7 Å². The highest BCUT2D eigenvalue weighted by molar-refractivity contribution is 7.80. The van der Waals surface area contributed by atoms with E-state index in [1.165, 1.54) is 6.92 Å². The molecule has 1 aromatic carbocycles. The molecule has 3 aromatic rings. The van der Waals surface area contributed by atoms with Crippen LogP contribution in [0.1, 0.15) is 36.1 Å². The van der Waals surface area contributed by atoms with Gasteiger partial charge in [-0.2, -0.15) is 0 Å². The normalized spacial score (nSPS) is 18.8. The Kier molecular flexibility index (Phi) is 4.83. The molecular weight excluding hydrogens is 370 g/mol. The first-order chi connectivity index (χ1) is 13.5. The molecule has 2 atom stereocenters. The van der Waals surface area contributed by atoms with Gasteiger partial charge in [-0.3, -0.25) is 9.78 Å². The SMILES string of the molecule is CC(=O)Nc1ccc(N2C(=S)N[C@H](c3ccccn3)[C@@H]2c2ccc(C)[nH]2)cc1. The largest absolute Gasteiger partial charge is 0.361 e. The van der Waals surface area contributed by atoms with Gasteiger partial charge < -0.3 is 20.5 Å². The fourth-order valence-electron chi connectivity index (χ4n) is 3.56. The van der Waals surface area contributed by atoms with Crippen molar-refractivity contribution in [2.45, 2.75) is 25.9 Å². The van der Waals surface area contributed by atoms with E-state index in [-0.39, 0.29) is 18.0 Å². The van der Waals surface area contributed by atoms with Gasteiger partial charge in [0.25, 0.3) is 0 Å². The quantitative estimate of drug-likeness (QED) is 0.589. The van der Waals surface area contributed by atoms with Crippen LogP contribution in [0.15, 0.2) is 60.8 Å². The molecule has 142 valence electrons. The first-order valence-corrected chi connectivity index (χ1v) is 9.47. The fraction of sp³-hybridized carbons (Fsp3) is 0.190. The Hall–Kier alpha value is -3.19. The molecule has 28 heavy (non-hydrogen) atoms. The number of benzene rings is 1. The summed E-state index contributed by atoms with van der Waals surface area (Å²) < 4.78 is 0. The topological polar surface area (TPSA) is 73.1 Å². The van der Waals surface area contributed by atoms with E-state index in [1.807, 2.05) is 49.4 Å². The number of anilines is 2. The first kappa shape index (κ1) is 18.2. The number of nitrogens with one attached hydrogen (secondary N) is 3. The maximum absolute atomic E-state index is 11.3. The third-order valence-corrected chi connectivity index (χ3v) is 5.05.